The first-order valence-corrected chi connectivity index (χ1v) is 11.9. The van der Waals surface area contributed by atoms with Gasteiger partial charge in [-0.15, -0.1) is 0 Å². The smallest absolute Gasteiger partial charge is 0.325 e. The number of hydrogen-bond donors (Lipinski definition) is 2. The summed E-state index contributed by atoms with van der Waals surface area (Å²) in [5, 5.41) is 0. The predicted molar refractivity (Wildman–Crippen MR) is 124 cm³/mol. The van der Waals surface area contributed by atoms with Crippen molar-refractivity contribution in [2.45, 2.75) is 11.4 Å². The molecule has 0 atom stereocenters. The van der Waals surface area contributed by atoms with E-state index in [2.05, 4.69) is 26.6 Å². The SMILES string of the molecule is O=c1[nH]cc(S(=O)(=O)N2CCN(c3nc4ccccc4n3Cc3ccccc3)CC2)c(=O)[nH]1. The zero-order valence-corrected chi connectivity index (χ0v) is 18.5. The highest BCUT2D eigenvalue weighted by Crippen LogP contribution is 2.26. The maximum absolute atomic E-state index is 13.0. The molecule has 0 unspecified atom stereocenters. The minimum atomic E-state index is -4.03. The van der Waals surface area contributed by atoms with Crippen LogP contribution < -0.4 is 16.1 Å². The molecule has 10 nitrogen and oxygen atoms in total. The highest BCUT2D eigenvalue weighted by atomic mass is 32.2. The molecule has 11 heteroatoms. The molecule has 2 aromatic heterocycles. The Morgan fingerprint density at radius 1 is 0.909 bits per heavy atom. The van der Waals surface area contributed by atoms with Crippen LogP contribution in [0.15, 0.2) is 75.3 Å². The van der Waals surface area contributed by atoms with E-state index in [1.54, 1.807) is 0 Å². The lowest BCUT2D eigenvalue weighted by molar-refractivity contribution is 0.380. The average molecular weight is 467 g/mol. The van der Waals surface area contributed by atoms with E-state index in [-0.39, 0.29) is 13.1 Å². The van der Waals surface area contributed by atoms with Crippen molar-refractivity contribution in [3.05, 3.63) is 87.2 Å². The Labute approximate surface area is 189 Å². The van der Waals surface area contributed by atoms with E-state index in [9.17, 15) is 18.0 Å². The van der Waals surface area contributed by atoms with Crippen LogP contribution >= 0.6 is 0 Å². The molecular weight excluding hydrogens is 444 g/mol. The van der Waals surface area contributed by atoms with Gasteiger partial charge in [0.25, 0.3) is 5.56 Å². The van der Waals surface area contributed by atoms with Gasteiger partial charge in [-0.2, -0.15) is 4.31 Å². The Morgan fingerprint density at radius 3 is 2.33 bits per heavy atom. The number of nitrogens with zero attached hydrogens (tertiary/aromatic N) is 4. The highest BCUT2D eigenvalue weighted by molar-refractivity contribution is 7.89. The average Bonchev–Trinajstić information content (AvgIpc) is 3.18. The molecule has 5 rings (SSSR count). The summed E-state index contributed by atoms with van der Waals surface area (Å²) in [7, 11) is -4.03. The zero-order valence-electron chi connectivity index (χ0n) is 17.6. The molecule has 2 aromatic carbocycles. The summed E-state index contributed by atoms with van der Waals surface area (Å²) in [6.45, 7) is 1.85. The van der Waals surface area contributed by atoms with Gasteiger partial charge in [-0.25, -0.2) is 18.2 Å². The first-order valence-electron chi connectivity index (χ1n) is 10.5. The number of aromatic amines is 2. The summed E-state index contributed by atoms with van der Waals surface area (Å²) in [5.74, 6) is 0.777. The van der Waals surface area contributed by atoms with Crippen LogP contribution in [0.1, 0.15) is 5.56 Å². The van der Waals surface area contributed by atoms with Crippen LogP contribution in [0.2, 0.25) is 0 Å². The molecular formula is C22H22N6O4S. The first-order chi connectivity index (χ1) is 15.9. The molecule has 0 bridgehead atoms. The minimum Gasteiger partial charge on any atom is -0.340 e. The summed E-state index contributed by atoms with van der Waals surface area (Å²) in [4.78, 5) is 33.9. The Balaban J connectivity index is 1.42. The number of sulfonamides is 1. The number of imidazole rings is 1. The van der Waals surface area contributed by atoms with Crippen molar-refractivity contribution in [1.29, 1.82) is 0 Å². The quantitative estimate of drug-likeness (QED) is 0.452. The molecule has 2 N–H and O–H groups in total. The molecule has 0 amide bonds. The molecule has 1 aliphatic heterocycles. The third-order valence-electron chi connectivity index (χ3n) is 5.74. The van der Waals surface area contributed by atoms with Gasteiger partial charge in [0.2, 0.25) is 16.0 Å². The number of benzene rings is 2. The minimum absolute atomic E-state index is 0.190. The molecule has 0 spiro atoms. The van der Waals surface area contributed by atoms with Crippen molar-refractivity contribution in [3.8, 4) is 0 Å². The normalized spacial score (nSPS) is 15.2. The number of anilines is 1. The van der Waals surface area contributed by atoms with Crippen LogP contribution in [-0.2, 0) is 16.6 Å². The topological polar surface area (TPSA) is 124 Å². The molecule has 0 radical (unpaired) electrons. The van der Waals surface area contributed by atoms with E-state index in [1.807, 2.05) is 47.4 Å². The fourth-order valence-electron chi connectivity index (χ4n) is 4.08. The van der Waals surface area contributed by atoms with E-state index in [1.165, 1.54) is 4.31 Å². The van der Waals surface area contributed by atoms with Crippen molar-refractivity contribution in [3.63, 3.8) is 0 Å². The summed E-state index contributed by atoms with van der Waals surface area (Å²) in [5.41, 5.74) is 1.34. The second kappa shape index (κ2) is 8.34. The molecule has 33 heavy (non-hydrogen) atoms. The first kappa shape index (κ1) is 21.2. The van der Waals surface area contributed by atoms with Crippen LogP contribution in [0.3, 0.4) is 0 Å². The van der Waals surface area contributed by atoms with Crippen LogP contribution in [-0.4, -0.2) is 58.4 Å². The number of nitrogens with one attached hydrogen (secondary N) is 2. The largest absolute Gasteiger partial charge is 0.340 e. The fraction of sp³-hybridized carbons (Fsp3) is 0.227. The van der Waals surface area contributed by atoms with Crippen molar-refractivity contribution in [2.24, 2.45) is 0 Å². The van der Waals surface area contributed by atoms with E-state index in [0.29, 0.717) is 19.6 Å². The standard InChI is InChI=1S/C22H22N6O4S/c29-20-19(14-23-21(30)25-20)33(31,32)27-12-10-26(11-13-27)22-24-17-8-4-5-9-18(17)28(22)15-16-6-2-1-3-7-16/h1-9,14H,10-13,15H2,(H2,23,25,29,30). The van der Waals surface area contributed by atoms with Gasteiger partial charge in [0.05, 0.1) is 17.6 Å². The number of piperazine rings is 1. The van der Waals surface area contributed by atoms with Gasteiger partial charge in [0, 0.05) is 32.4 Å². The molecule has 4 aromatic rings. The number of aromatic nitrogens is 4. The van der Waals surface area contributed by atoms with Crippen LogP contribution in [0.25, 0.3) is 11.0 Å². The Morgan fingerprint density at radius 2 is 1.61 bits per heavy atom. The third kappa shape index (κ3) is 3.96. The van der Waals surface area contributed by atoms with Crippen LogP contribution in [0, 0.1) is 0 Å². The highest BCUT2D eigenvalue weighted by Gasteiger charge is 2.32. The van der Waals surface area contributed by atoms with E-state index in [0.717, 1.165) is 28.7 Å². The molecule has 0 aliphatic carbocycles. The van der Waals surface area contributed by atoms with E-state index < -0.39 is 26.2 Å². The molecule has 1 aliphatic rings. The van der Waals surface area contributed by atoms with Gasteiger partial charge in [-0.05, 0) is 17.7 Å². The lowest BCUT2D eigenvalue weighted by Crippen LogP contribution is -2.50. The Kier molecular flexibility index (Phi) is 5.35. The summed E-state index contributed by atoms with van der Waals surface area (Å²) < 4.78 is 29.3. The molecule has 170 valence electrons. The van der Waals surface area contributed by atoms with Crippen LogP contribution in [0.5, 0.6) is 0 Å². The van der Waals surface area contributed by atoms with Crippen molar-refractivity contribution >= 4 is 27.0 Å². The monoisotopic (exact) mass is 466 g/mol. The maximum atomic E-state index is 13.0. The summed E-state index contributed by atoms with van der Waals surface area (Å²) in [6.07, 6.45) is 0.947. The second-order valence-corrected chi connectivity index (χ2v) is 9.71. The lowest BCUT2D eigenvalue weighted by atomic mass is 10.2. The molecule has 0 saturated carbocycles. The molecule has 1 saturated heterocycles. The van der Waals surface area contributed by atoms with Crippen molar-refractivity contribution in [1.82, 2.24) is 23.8 Å². The van der Waals surface area contributed by atoms with Gasteiger partial charge in [-0.1, -0.05) is 42.5 Å². The lowest BCUT2D eigenvalue weighted by Gasteiger charge is -2.34. The van der Waals surface area contributed by atoms with Crippen LogP contribution in [0.4, 0.5) is 5.95 Å². The Bertz CT molecular complexity index is 1520. The van der Waals surface area contributed by atoms with Gasteiger partial charge >= 0.3 is 5.69 Å². The van der Waals surface area contributed by atoms with Gasteiger partial charge in [-0.3, -0.25) is 9.78 Å². The summed E-state index contributed by atoms with van der Waals surface area (Å²) >= 11 is 0. The van der Waals surface area contributed by atoms with Gasteiger partial charge in [0.1, 0.15) is 0 Å². The van der Waals surface area contributed by atoms with E-state index >= 15 is 0 Å². The fourth-order valence-corrected chi connectivity index (χ4v) is 5.50. The number of para-hydroxylation sites is 2. The van der Waals surface area contributed by atoms with Crippen molar-refractivity contribution < 1.29 is 8.42 Å². The Hall–Kier alpha value is -3.70. The maximum Gasteiger partial charge on any atom is 0.325 e. The predicted octanol–water partition coefficient (Wildman–Crippen LogP) is 0.972. The van der Waals surface area contributed by atoms with Gasteiger partial charge < -0.3 is 14.5 Å². The van der Waals surface area contributed by atoms with Crippen molar-refractivity contribution in [2.75, 3.05) is 31.1 Å². The number of rotatable bonds is 5. The van der Waals surface area contributed by atoms with E-state index in [4.69, 9.17) is 4.98 Å². The summed E-state index contributed by atoms with van der Waals surface area (Å²) in [6, 6.07) is 18.0. The second-order valence-electron chi connectivity index (χ2n) is 7.80. The third-order valence-corrected chi connectivity index (χ3v) is 7.65. The number of H-pyrrole nitrogens is 2. The molecule has 3 heterocycles. The zero-order chi connectivity index (χ0) is 23.0. The number of hydrogen-bond acceptors (Lipinski definition) is 6. The number of fused-ring (bicyclic) bond motifs is 1. The van der Waals surface area contributed by atoms with Gasteiger partial charge in [0.15, 0.2) is 4.90 Å². The molecule has 1 fully saturated rings.